The molecule has 0 bridgehead atoms. The lowest BCUT2D eigenvalue weighted by Crippen LogP contribution is -1.91. The molecule has 0 unspecified atom stereocenters. The van der Waals surface area contributed by atoms with Gasteiger partial charge >= 0.3 is 0 Å². The first-order chi connectivity index (χ1) is 7.84. The van der Waals surface area contributed by atoms with Crippen LogP contribution < -0.4 is 0 Å². The van der Waals surface area contributed by atoms with Crippen molar-refractivity contribution in [1.82, 2.24) is 30.4 Å². The molecule has 3 aromatic heterocycles. The highest BCUT2D eigenvalue weighted by Crippen LogP contribution is 2.21. The third-order valence-corrected chi connectivity index (χ3v) is 2.35. The van der Waals surface area contributed by atoms with Gasteiger partial charge in [-0.1, -0.05) is 11.6 Å². The smallest absolute Gasteiger partial charge is 0.163 e. The third-order valence-electron chi connectivity index (χ3n) is 2.09. The number of rotatable bonds is 1. The summed E-state index contributed by atoms with van der Waals surface area (Å²) < 4.78 is 0. The maximum Gasteiger partial charge on any atom is 0.163 e. The van der Waals surface area contributed by atoms with Gasteiger partial charge in [-0.25, -0.2) is 9.97 Å². The van der Waals surface area contributed by atoms with Crippen molar-refractivity contribution in [1.29, 1.82) is 0 Å². The molecule has 0 atom stereocenters. The van der Waals surface area contributed by atoms with E-state index in [4.69, 9.17) is 11.6 Å². The van der Waals surface area contributed by atoms with Crippen LogP contribution in [0.1, 0.15) is 0 Å². The zero-order valence-corrected chi connectivity index (χ0v) is 8.68. The highest BCUT2D eigenvalue weighted by molar-refractivity contribution is 6.33. The molecular weight excluding hydrogens is 228 g/mol. The summed E-state index contributed by atoms with van der Waals surface area (Å²) >= 11 is 5.98. The van der Waals surface area contributed by atoms with Gasteiger partial charge in [0.2, 0.25) is 0 Å². The fourth-order valence-corrected chi connectivity index (χ4v) is 1.58. The summed E-state index contributed by atoms with van der Waals surface area (Å²) in [7, 11) is 0. The van der Waals surface area contributed by atoms with Crippen molar-refractivity contribution in [3.05, 3.63) is 29.8 Å². The minimum atomic E-state index is 0.318. The number of fused-ring (bicyclic) bond motifs is 1. The summed E-state index contributed by atoms with van der Waals surface area (Å²) in [5, 5.41) is 14.4. The number of hydrogen-bond donors (Lipinski definition) is 1. The number of halogens is 1. The maximum absolute atomic E-state index is 5.98. The highest BCUT2D eigenvalue weighted by atomic mass is 35.5. The Bertz CT molecular complexity index is 635. The Morgan fingerprint density at radius 1 is 1.19 bits per heavy atom. The summed E-state index contributed by atoms with van der Waals surface area (Å²) in [4.78, 5) is 8.46. The summed E-state index contributed by atoms with van der Waals surface area (Å²) in [6.07, 6.45) is 4.82. The van der Waals surface area contributed by atoms with E-state index >= 15 is 0 Å². The second-order valence-corrected chi connectivity index (χ2v) is 3.45. The zero-order chi connectivity index (χ0) is 11.0. The van der Waals surface area contributed by atoms with E-state index in [1.807, 2.05) is 0 Å². The molecular formula is C9H5ClN6. The minimum Gasteiger partial charge on any atom is -0.283 e. The molecule has 0 aliphatic heterocycles. The molecule has 3 rings (SSSR count). The lowest BCUT2D eigenvalue weighted by molar-refractivity contribution is 1.03. The van der Waals surface area contributed by atoms with Crippen LogP contribution in [0.5, 0.6) is 0 Å². The van der Waals surface area contributed by atoms with Crippen LogP contribution in [-0.2, 0) is 0 Å². The normalized spacial score (nSPS) is 10.8. The first kappa shape index (κ1) is 9.17. The van der Waals surface area contributed by atoms with E-state index in [2.05, 4.69) is 30.4 Å². The Balaban J connectivity index is 2.25. The molecule has 6 nitrogen and oxygen atoms in total. The Morgan fingerprint density at radius 3 is 2.94 bits per heavy atom. The van der Waals surface area contributed by atoms with Gasteiger partial charge in [0.05, 0.1) is 12.4 Å². The van der Waals surface area contributed by atoms with Crippen molar-refractivity contribution in [2.75, 3.05) is 0 Å². The standard InChI is InChI=1S/C9H5ClN6/c10-8-7-6(4-13-16-7)14-9(15-8)5-1-2-11-12-3-5/h1-4H,(H,13,16). The van der Waals surface area contributed by atoms with Gasteiger partial charge in [-0.15, -0.1) is 0 Å². The largest absolute Gasteiger partial charge is 0.283 e. The van der Waals surface area contributed by atoms with Gasteiger partial charge in [-0.05, 0) is 6.07 Å². The number of nitrogens with zero attached hydrogens (tertiary/aromatic N) is 5. The molecule has 78 valence electrons. The SMILES string of the molecule is Clc1nc(-c2ccnnc2)nc2c[nH]nc12. The average molecular weight is 233 g/mol. The van der Waals surface area contributed by atoms with E-state index in [0.29, 0.717) is 22.0 Å². The van der Waals surface area contributed by atoms with Crippen LogP contribution in [0.2, 0.25) is 5.15 Å². The predicted octanol–water partition coefficient (Wildman–Crippen LogP) is 1.46. The van der Waals surface area contributed by atoms with Crippen LogP contribution in [0.3, 0.4) is 0 Å². The fourth-order valence-electron chi connectivity index (χ4n) is 1.36. The monoisotopic (exact) mass is 232 g/mol. The van der Waals surface area contributed by atoms with E-state index in [9.17, 15) is 0 Å². The Hall–Kier alpha value is -2.08. The second kappa shape index (κ2) is 3.49. The molecule has 3 aromatic rings. The molecule has 0 amide bonds. The summed E-state index contributed by atoms with van der Waals surface area (Å²) in [5.74, 6) is 0.508. The average Bonchev–Trinajstić information content (AvgIpc) is 2.79. The molecule has 0 spiro atoms. The number of aromatic nitrogens is 6. The Morgan fingerprint density at radius 2 is 2.12 bits per heavy atom. The topological polar surface area (TPSA) is 80.2 Å². The molecule has 0 aliphatic carbocycles. The number of H-pyrrole nitrogens is 1. The first-order valence-electron chi connectivity index (χ1n) is 4.49. The molecule has 0 fully saturated rings. The van der Waals surface area contributed by atoms with Gasteiger partial charge < -0.3 is 0 Å². The van der Waals surface area contributed by atoms with E-state index in [-0.39, 0.29) is 0 Å². The van der Waals surface area contributed by atoms with Gasteiger partial charge in [-0.2, -0.15) is 15.3 Å². The predicted molar refractivity (Wildman–Crippen MR) is 57.7 cm³/mol. The summed E-state index contributed by atoms with van der Waals surface area (Å²) in [6, 6.07) is 1.77. The van der Waals surface area contributed by atoms with Crippen LogP contribution in [0, 0.1) is 0 Å². The molecule has 0 radical (unpaired) electrons. The van der Waals surface area contributed by atoms with E-state index in [1.165, 1.54) is 0 Å². The van der Waals surface area contributed by atoms with Gasteiger partial charge in [0.1, 0.15) is 11.0 Å². The first-order valence-corrected chi connectivity index (χ1v) is 4.86. The maximum atomic E-state index is 5.98. The van der Waals surface area contributed by atoms with Crippen molar-refractivity contribution in [2.45, 2.75) is 0 Å². The molecule has 7 heteroatoms. The van der Waals surface area contributed by atoms with Crippen molar-refractivity contribution in [2.24, 2.45) is 0 Å². The Labute approximate surface area is 94.7 Å². The van der Waals surface area contributed by atoms with Gasteiger partial charge in [-0.3, -0.25) is 5.10 Å². The second-order valence-electron chi connectivity index (χ2n) is 3.09. The van der Waals surface area contributed by atoms with Crippen LogP contribution in [0.15, 0.2) is 24.7 Å². The molecule has 0 saturated heterocycles. The van der Waals surface area contributed by atoms with Gasteiger partial charge in [0.25, 0.3) is 0 Å². The summed E-state index contributed by atoms with van der Waals surface area (Å²) in [5.41, 5.74) is 2.00. The molecule has 1 N–H and O–H groups in total. The highest BCUT2D eigenvalue weighted by Gasteiger charge is 2.09. The number of aromatic amines is 1. The third kappa shape index (κ3) is 1.40. The van der Waals surface area contributed by atoms with Gasteiger partial charge in [0, 0.05) is 11.8 Å². The van der Waals surface area contributed by atoms with Crippen molar-refractivity contribution in [3.8, 4) is 11.4 Å². The Kier molecular flexibility index (Phi) is 2.00. The molecule has 16 heavy (non-hydrogen) atoms. The number of nitrogens with one attached hydrogen (secondary N) is 1. The van der Waals surface area contributed by atoms with Crippen LogP contribution in [0.25, 0.3) is 22.4 Å². The molecule has 0 aliphatic rings. The van der Waals surface area contributed by atoms with Crippen molar-refractivity contribution < 1.29 is 0 Å². The minimum absolute atomic E-state index is 0.318. The van der Waals surface area contributed by atoms with Crippen LogP contribution in [-0.4, -0.2) is 30.4 Å². The van der Waals surface area contributed by atoms with Crippen molar-refractivity contribution >= 4 is 22.6 Å². The quantitative estimate of drug-likeness (QED) is 0.643. The molecule has 0 saturated carbocycles. The number of hydrogen-bond acceptors (Lipinski definition) is 5. The van der Waals surface area contributed by atoms with Crippen molar-refractivity contribution in [3.63, 3.8) is 0 Å². The lowest BCUT2D eigenvalue weighted by Gasteiger charge is -1.99. The summed E-state index contributed by atoms with van der Waals surface area (Å²) in [6.45, 7) is 0. The van der Waals surface area contributed by atoms with E-state index in [0.717, 1.165) is 5.56 Å². The fraction of sp³-hybridized carbons (Fsp3) is 0. The van der Waals surface area contributed by atoms with E-state index in [1.54, 1.807) is 24.7 Å². The van der Waals surface area contributed by atoms with Gasteiger partial charge in [0.15, 0.2) is 11.0 Å². The molecule has 0 aromatic carbocycles. The van der Waals surface area contributed by atoms with Crippen LogP contribution >= 0.6 is 11.6 Å². The zero-order valence-electron chi connectivity index (χ0n) is 7.92. The molecule has 3 heterocycles. The lowest BCUT2D eigenvalue weighted by atomic mass is 10.3. The van der Waals surface area contributed by atoms with E-state index < -0.39 is 0 Å². The van der Waals surface area contributed by atoms with Crippen LogP contribution in [0.4, 0.5) is 0 Å².